The van der Waals surface area contributed by atoms with Crippen LogP contribution in [-0.4, -0.2) is 5.11 Å². The predicted molar refractivity (Wildman–Crippen MR) is 63.4 cm³/mol. The van der Waals surface area contributed by atoms with Gasteiger partial charge in [-0.05, 0) is 49.3 Å². The Balaban J connectivity index is 2.02. The fraction of sp³-hybridized carbons (Fsp3) is 0.385. The van der Waals surface area contributed by atoms with Gasteiger partial charge in [0.05, 0.1) is 10.8 Å². The predicted octanol–water partition coefficient (Wildman–Crippen LogP) is 4.24. The highest BCUT2D eigenvalue weighted by molar-refractivity contribution is 6.32. The number of hydrogen-bond donors (Lipinski definition) is 1. The Bertz CT molecular complexity index is 414. The van der Waals surface area contributed by atoms with Crippen LogP contribution in [0, 0.1) is 5.92 Å². The molecular formula is C13H14ClFO. The fourth-order valence-electron chi connectivity index (χ4n) is 2.05. The molecule has 1 aliphatic rings. The van der Waals surface area contributed by atoms with E-state index >= 15 is 0 Å². The van der Waals surface area contributed by atoms with Gasteiger partial charge >= 0.3 is 0 Å². The van der Waals surface area contributed by atoms with Gasteiger partial charge in [-0.3, -0.25) is 0 Å². The molecule has 1 N–H and O–H groups in total. The van der Waals surface area contributed by atoms with Gasteiger partial charge in [0.2, 0.25) is 0 Å². The van der Waals surface area contributed by atoms with E-state index in [1.807, 2.05) is 6.07 Å². The molecule has 86 valence electrons. The van der Waals surface area contributed by atoms with E-state index in [1.54, 1.807) is 18.2 Å². The molecule has 1 aliphatic carbocycles. The topological polar surface area (TPSA) is 20.2 Å². The van der Waals surface area contributed by atoms with E-state index in [-0.39, 0.29) is 11.6 Å². The van der Waals surface area contributed by atoms with Crippen LogP contribution in [0.5, 0.6) is 5.75 Å². The van der Waals surface area contributed by atoms with E-state index in [1.165, 1.54) is 0 Å². The van der Waals surface area contributed by atoms with Crippen molar-refractivity contribution in [1.29, 1.82) is 0 Å². The van der Waals surface area contributed by atoms with Gasteiger partial charge in [-0.15, -0.1) is 0 Å². The summed E-state index contributed by atoms with van der Waals surface area (Å²) < 4.78 is 12.8. The maximum absolute atomic E-state index is 12.8. The molecule has 1 nitrogen and oxygen atoms in total. The summed E-state index contributed by atoms with van der Waals surface area (Å²) in [7, 11) is 0. The molecule has 0 radical (unpaired) electrons. The van der Waals surface area contributed by atoms with Crippen LogP contribution in [0.25, 0.3) is 0 Å². The number of rotatable bonds is 2. The van der Waals surface area contributed by atoms with Crippen LogP contribution >= 0.6 is 11.6 Å². The van der Waals surface area contributed by atoms with Gasteiger partial charge in [-0.1, -0.05) is 23.7 Å². The molecule has 2 rings (SSSR count). The van der Waals surface area contributed by atoms with Crippen LogP contribution in [0.3, 0.4) is 0 Å². The Morgan fingerprint density at radius 3 is 2.88 bits per heavy atom. The minimum Gasteiger partial charge on any atom is -0.506 e. The Labute approximate surface area is 99.6 Å². The zero-order valence-corrected chi connectivity index (χ0v) is 9.67. The number of benzene rings is 1. The molecule has 0 fully saturated rings. The van der Waals surface area contributed by atoms with Crippen molar-refractivity contribution in [3.8, 4) is 5.75 Å². The molecule has 1 aromatic carbocycles. The number of halogens is 2. The summed E-state index contributed by atoms with van der Waals surface area (Å²) in [4.78, 5) is 0. The number of hydrogen-bond acceptors (Lipinski definition) is 1. The quantitative estimate of drug-likeness (QED) is 0.820. The average Bonchev–Trinajstić information content (AvgIpc) is 2.27. The lowest BCUT2D eigenvalue weighted by molar-refractivity contribution is 0.421. The minimum absolute atomic E-state index is 0.0139. The highest BCUT2D eigenvalue weighted by atomic mass is 35.5. The van der Waals surface area contributed by atoms with Crippen LogP contribution in [0.15, 0.2) is 30.1 Å². The maximum Gasteiger partial charge on any atom is 0.134 e. The van der Waals surface area contributed by atoms with Gasteiger partial charge < -0.3 is 5.11 Å². The standard InChI is InChI=1S/C13H14ClFO/c14-12-8-10(3-6-13(12)16)7-9-1-4-11(15)5-2-9/h3-4,6,8-9,16H,1-2,5,7H2/t9-/m1/s1. The third-order valence-corrected chi connectivity index (χ3v) is 3.30. The molecular weight excluding hydrogens is 227 g/mol. The molecule has 1 aromatic rings. The van der Waals surface area contributed by atoms with E-state index < -0.39 is 0 Å². The van der Waals surface area contributed by atoms with Crippen LogP contribution in [-0.2, 0) is 6.42 Å². The highest BCUT2D eigenvalue weighted by Gasteiger charge is 2.15. The second-order valence-corrected chi connectivity index (χ2v) is 4.69. The number of phenolic OH excluding ortho intramolecular Hbond substituents is 1. The van der Waals surface area contributed by atoms with E-state index in [4.69, 9.17) is 11.6 Å². The summed E-state index contributed by atoms with van der Waals surface area (Å²) in [5.74, 6) is 0.611. The van der Waals surface area contributed by atoms with E-state index in [9.17, 15) is 9.50 Å². The lowest BCUT2D eigenvalue weighted by atomic mass is 9.88. The molecule has 16 heavy (non-hydrogen) atoms. The first-order valence-electron chi connectivity index (χ1n) is 5.47. The van der Waals surface area contributed by atoms with E-state index in [0.29, 0.717) is 17.4 Å². The molecule has 0 amide bonds. The zero-order chi connectivity index (χ0) is 11.5. The molecule has 3 heteroatoms. The average molecular weight is 241 g/mol. The summed E-state index contributed by atoms with van der Waals surface area (Å²) >= 11 is 5.83. The van der Waals surface area contributed by atoms with Crippen molar-refractivity contribution in [3.05, 3.63) is 40.7 Å². The molecule has 0 saturated carbocycles. The molecule has 0 aromatic heterocycles. The molecule has 0 aliphatic heterocycles. The van der Waals surface area contributed by atoms with Crippen LogP contribution in [0.1, 0.15) is 24.8 Å². The molecule has 0 saturated heterocycles. The lowest BCUT2D eigenvalue weighted by Crippen LogP contribution is -2.07. The van der Waals surface area contributed by atoms with Gasteiger partial charge in [0.15, 0.2) is 0 Å². The van der Waals surface area contributed by atoms with Crippen molar-refractivity contribution in [2.75, 3.05) is 0 Å². The smallest absolute Gasteiger partial charge is 0.134 e. The Kier molecular flexibility index (Phi) is 3.49. The second-order valence-electron chi connectivity index (χ2n) is 4.28. The Morgan fingerprint density at radius 2 is 2.25 bits per heavy atom. The van der Waals surface area contributed by atoms with E-state index in [2.05, 4.69) is 0 Å². The first kappa shape index (κ1) is 11.5. The van der Waals surface area contributed by atoms with Gasteiger partial charge in [-0.2, -0.15) is 0 Å². The normalized spacial score (nSPS) is 20.6. The molecule has 0 unspecified atom stereocenters. The molecule has 0 spiro atoms. The SMILES string of the molecule is Oc1ccc(C[C@@H]2CC=C(F)CC2)cc1Cl. The monoisotopic (exact) mass is 240 g/mol. The first-order chi connectivity index (χ1) is 7.65. The lowest BCUT2D eigenvalue weighted by Gasteiger charge is -2.18. The second kappa shape index (κ2) is 4.88. The van der Waals surface area contributed by atoms with Gasteiger partial charge in [0.1, 0.15) is 5.75 Å². The minimum atomic E-state index is 0.0139. The Morgan fingerprint density at radius 1 is 1.44 bits per heavy atom. The summed E-state index contributed by atoms with van der Waals surface area (Å²) in [5, 5.41) is 9.68. The maximum atomic E-state index is 12.8. The fourth-order valence-corrected chi connectivity index (χ4v) is 2.26. The zero-order valence-electron chi connectivity index (χ0n) is 8.92. The van der Waals surface area contributed by atoms with Gasteiger partial charge in [-0.25, -0.2) is 4.39 Å². The van der Waals surface area contributed by atoms with E-state index in [0.717, 1.165) is 24.8 Å². The van der Waals surface area contributed by atoms with Crippen molar-refractivity contribution in [2.45, 2.75) is 25.7 Å². The molecule has 0 bridgehead atoms. The summed E-state index contributed by atoms with van der Waals surface area (Å²) in [6.45, 7) is 0. The third-order valence-electron chi connectivity index (χ3n) is 3.00. The van der Waals surface area contributed by atoms with Crippen LogP contribution in [0.4, 0.5) is 4.39 Å². The van der Waals surface area contributed by atoms with Gasteiger partial charge in [0.25, 0.3) is 0 Å². The molecule has 1 atom stereocenters. The number of phenols is 1. The molecule has 0 heterocycles. The first-order valence-corrected chi connectivity index (χ1v) is 5.85. The van der Waals surface area contributed by atoms with Crippen LogP contribution < -0.4 is 0 Å². The van der Waals surface area contributed by atoms with Crippen molar-refractivity contribution < 1.29 is 9.50 Å². The number of allylic oxidation sites excluding steroid dienone is 2. The van der Waals surface area contributed by atoms with Crippen molar-refractivity contribution in [1.82, 2.24) is 0 Å². The van der Waals surface area contributed by atoms with Gasteiger partial charge in [0, 0.05) is 0 Å². The number of aromatic hydroxyl groups is 1. The van der Waals surface area contributed by atoms with Crippen molar-refractivity contribution in [3.63, 3.8) is 0 Å². The highest BCUT2D eigenvalue weighted by Crippen LogP contribution is 2.29. The van der Waals surface area contributed by atoms with Crippen molar-refractivity contribution in [2.24, 2.45) is 5.92 Å². The summed E-state index contributed by atoms with van der Waals surface area (Å²) in [6.07, 6.45) is 4.81. The third kappa shape index (κ3) is 2.76. The van der Waals surface area contributed by atoms with Crippen molar-refractivity contribution >= 4 is 11.6 Å². The largest absolute Gasteiger partial charge is 0.506 e. The Hall–Kier alpha value is -1.02. The summed E-state index contributed by atoms with van der Waals surface area (Å²) in [5.41, 5.74) is 1.10. The van der Waals surface area contributed by atoms with Crippen LogP contribution in [0.2, 0.25) is 5.02 Å². The summed E-state index contributed by atoms with van der Waals surface area (Å²) in [6, 6.07) is 5.26.